The molecule has 0 unspecified atom stereocenters. The van der Waals surface area contributed by atoms with Crippen LogP contribution in [0, 0.1) is 0 Å². The standard InChI is InChI=1S/In.O.Sb.Zn.4H. The van der Waals surface area contributed by atoms with E-state index in [-0.39, 0.29) is 45.3 Å². The molecule has 4 heavy (non-hydrogen) atoms. The van der Waals surface area contributed by atoms with Gasteiger partial charge in [-0.3, -0.25) is 0 Å². The van der Waals surface area contributed by atoms with Gasteiger partial charge in [-0.05, 0) is 0 Å². The predicted octanol–water partition coefficient (Wildman–Crippen LogP) is -1.95. The van der Waals surface area contributed by atoms with Crippen LogP contribution in [-0.4, -0.2) is 48.9 Å². The van der Waals surface area contributed by atoms with Crippen LogP contribution < -0.4 is 0 Å². The summed E-state index contributed by atoms with van der Waals surface area (Å²) >= 11 is 0.300. The molecule has 0 aliphatic carbocycles. The molecule has 0 atom stereocenters. The second-order valence-corrected chi connectivity index (χ2v) is 0. The molecule has 0 aromatic heterocycles. The molecule has 0 aliphatic heterocycles. The number of hydrogen-bond acceptors (Lipinski definition) is 1. The fourth-order valence-corrected chi connectivity index (χ4v) is 0. The van der Waals surface area contributed by atoms with Gasteiger partial charge in [0.2, 0.25) is 0 Å². The van der Waals surface area contributed by atoms with E-state index in [9.17, 15) is 0 Å². The second-order valence-electron chi connectivity index (χ2n) is 0. The van der Waals surface area contributed by atoms with Gasteiger partial charge in [-0.1, -0.05) is 0 Å². The minimum atomic E-state index is 0. The third-order valence-electron chi connectivity index (χ3n) is 0. The minimum Gasteiger partial charge on any atom is 0 e. The Labute approximate surface area is 70.3 Å². The Kier molecular flexibility index (Phi) is 79.9. The van der Waals surface area contributed by atoms with Crippen molar-refractivity contribution in [1.29, 1.82) is 0 Å². The largest absolute Gasteiger partial charge is 0 e. The average molecular weight is 322 g/mol. The van der Waals surface area contributed by atoms with E-state index in [2.05, 4.69) is 0 Å². The van der Waals surface area contributed by atoms with Crippen LogP contribution in [0.15, 0.2) is 0 Å². The molecule has 0 saturated carbocycles. The quantitative estimate of drug-likeness (QED) is 0.474. The maximum atomic E-state index is 8.34. The molecule has 0 amide bonds. The summed E-state index contributed by atoms with van der Waals surface area (Å²) in [6.45, 7) is 0. The van der Waals surface area contributed by atoms with Crippen LogP contribution >= 0.6 is 0 Å². The van der Waals surface area contributed by atoms with Crippen molar-refractivity contribution < 1.29 is 22.5 Å². The van der Waals surface area contributed by atoms with Crippen molar-refractivity contribution in [3.8, 4) is 0 Å². The van der Waals surface area contributed by atoms with Gasteiger partial charge in [-0.2, -0.15) is 0 Å². The first-order valence-corrected chi connectivity index (χ1v) is 1.37. The van der Waals surface area contributed by atoms with Crippen molar-refractivity contribution in [2.24, 2.45) is 0 Å². The summed E-state index contributed by atoms with van der Waals surface area (Å²) in [7, 11) is 0. The van der Waals surface area contributed by atoms with Gasteiger partial charge in [0, 0.05) is 19.5 Å². The number of hydrogen-bond donors (Lipinski definition) is 0. The van der Waals surface area contributed by atoms with Gasteiger partial charge in [0.15, 0.2) is 0 Å². The molecule has 0 fully saturated rings. The second kappa shape index (κ2) is 19.4. The molecule has 4 heteroatoms. The summed E-state index contributed by atoms with van der Waals surface area (Å²) < 4.78 is 8.34. The zero-order valence-electron chi connectivity index (χ0n) is 1.62. The maximum absolute atomic E-state index is 8.34. The van der Waals surface area contributed by atoms with E-state index in [1.165, 1.54) is 0 Å². The molecule has 0 spiro atoms. The Morgan fingerprint density at radius 2 is 1.25 bits per heavy atom. The maximum Gasteiger partial charge on any atom is 0 e. The Bertz CT molecular complexity index is 8.00. The van der Waals surface area contributed by atoms with Crippen LogP contribution in [0.2, 0.25) is 0 Å². The van der Waals surface area contributed by atoms with Crippen LogP contribution in [0.4, 0.5) is 0 Å². The van der Waals surface area contributed by atoms with Crippen molar-refractivity contribution in [2.45, 2.75) is 0 Å². The van der Waals surface area contributed by atoms with Crippen LogP contribution in [-0.2, 0) is 22.5 Å². The molecule has 0 aromatic rings. The molecule has 0 N–H and O–H groups in total. The zero-order chi connectivity index (χ0) is 2.00. The van der Waals surface area contributed by atoms with Gasteiger partial charge in [0.25, 0.3) is 0 Å². The van der Waals surface area contributed by atoms with Crippen LogP contribution in [0.1, 0.15) is 0 Å². The van der Waals surface area contributed by atoms with Crippen LogP contribution in [0.5, 0.6) is 0 Å². The Morgan fingerprint density at radius 1 is 1.25 bits per heavy atom. The Balaban J connectivity index is -0.00000000500. The first-order chi connectivity index (χ1) is 1.00. The predicted molar refractivity (Wildman–Crippen MR) is 17.8 cm³/mol. The first-order valence-electron chi connectivity index (χ1n) is 0.204. The third kappa shape index (κ3) is 8.93. The van der Waals surface area contributed by atoms with E-state index in [4.69, 9.17) is 3.02 Å². The first kappa shape index (κ1) is 16.5. The summed E-state index contributed by atoms with van der Waals surface area (Å²) in [6, 6.07) is 0. The van der Waals surface area contributed by atoms with Crippen LogP contribution in [0.25, 0.3) is 0 Å². The van der Waals surface area contributed by atoms with E-state index in [1.54, 1.807) is 0 Å². The van der Waals surface area contributed by atoms with Crippen molar-refractivity contribution in [3.63, 3.8) is 0 Å². The molecule has 0 radical (unpaired) electrons. The van der Waals surface area contributed by atoms with E-state index in [0.717, 1.165) is 0 Å². The van der Waals surface area contributed by atoms with Crippen LogP contribution in [0.3, 0.4) is 0 Å². The monoisotopic (exact) mass is 320 g/mol. The number of rotatable bonds is 0. The van der Waals surface area contributed by atoms with Gasteiger partial charge in [0.1, 0.15) is 0 Å². The van der Waals surface area contributed by atoms with E-state index in [0.29, 0.717) is 23.0 Å². The molecule has 0 rings (SSSR count). The molecule has 0 bridgehead atoms. The van der Waals surface area contributed by atoms with Gasteiger partial charge < -0.3 is 0 Å². The minimum absolute atomic E-state index is 0. The van der Waals surface area contributed by atoms with E-state index in [1.807, 2.05) is 0 Å². The van der Waals surface area contributed by atoms with Crippen molar-refractivity contribution in [1.82, 2.24) is 0 Å². The average Bonchev–Trinajstić information content (AvgIpc) is 1.00. The zero-order valence-corrected chi connectivity index (χ0v) is 7.44. The summed E-state index contributed by atoms with van der Waals surface area (Å²) in [5.74, 6) is 0. The van der Waals surface area contributed by atoms with Gasteiger partial charge >= 0.3 is 51.9 Å². The summed E-state index contributed by atoms with van der Waals surface area (Å²) in [6.07, 6.45) is 0. The van der Waals surface area contributed by atoms with Crippen molar-refractivity contribution in [2.75, 3.05) is 0 Å². The molecule has 20 valence electrons. The molecule has 0 saturated heterocycles. The van der Waals surface area contributed by atoms with Gasteiger partial charge in [-0.15, -0.1) is 0 Å². The Morgan fingerprint density at radius 3 is 1.25 bits per heavy atom. The van der Waals surface area contributed by atoms with Crippen molar-refractivity contribution >= 4 is 48.9 Å². The molecule has 0 heterocycles. The molecular formula is H4InOSbZn. The third-order valence-corrected chi connectivity index (χ3v) is 0. The summed E-state index contributed by atoms with van der Waals surface area (Å²) in [5, 5.41) is 0. The van der Waals surface area contributed by atoms with E-state index >= 15 is 0 Å². The normalized spacial score (nSPS) is 1.00. The molecule has 1 nitrogen and oxygen atoms in total. The molecular weight excluding hydrogens is 318 g/mol. The summed E-state index contributed by atoms with van der Waals surface area (Å²) in [4.78, 5) is 0. The van der Waals surface area contributed by atoms with Gasteiger partial charge in [-0.25, -0.2) is 0 Å². The van der Waals surface area contributed by atoms with Crippen molar-refractivity contribution in [3.05, 3.63) is 0 Å². The molecule has 0 aromatic carbocycles. The Hall–Kier alpha value is 2.11. The fraction of sp³-hybridized carbons (Fsp3) is 0. The topological polar surface area (TPSA) is 17.1 Å². The SMILES string of the molecule is [InH3].[O]=[SbH].[Zn]. The fourth-order valence-electron chi connectivity index (χ4n) is 0. The smallest absolute Gasteiger partial charge is 0 e. The molecule has 0 aliphatic rings. The van der Waals surface area contributed by atoms with Gasteiger partial charge in [0.05, 0.1) is 0 Å². The van der Waals surface area contributed by atoms with E-state index < -0.39 is 0 Å². The summed E-state index contributed by atoms with van der Waals surface area (Å²) in [5.41, 5.74) is 0.